The Hall–Kier alpha value is -2.66. The van der Waals surface area contributed by atoms with E-state index in [4.69, 9.17) is 4.74 Å². The van der Waals surface area contributed by atoms with Gasteiger partial charge in [0.05, 0.1) is 6.20 Å². The van der Waals surface area contributed by atoms with Gasteiger partial charge in [0.1, 0.15) is 17.3 Å². The average Bonchev–Trinajstić information content (AvgIpc) is 3.07. The lowest BCUT2D eigenvalue weighted by Gasteiger charge is -2.11. The van der Waals surface area contributed by atoms with Crippen molar-refractivity contribution in [1.82, 2.24) is 15.1 Å². The van der Waals surface area contributed by atoms with E-state index in [1.165, 1.54) is 23.3 Å². The van der Waals surface area contributed by atoms with E-state index in [2.05, 4.69) is 29.6 Å². The van der Waals surface area contributed by atoms with E-state index in [0.29, 0.717) is 5.75 Å². The van der Waals surface area contributed by atoms with Crippen molar-refractivity contribution in [3.63, 3.8) is 0 Å². The van der Waals surface area contributed by atoms with Crippen LogP contribution in [0, 0.1) is 12.7 Å². The Morgan fingerprint density at radius 1 is 1.08 bits per heavy atom. The molecule has 0 saturated carbocycles. The molecule has 3 rings (SSSR count). The molecule has 0 atom stereocenters. The summed E-state index contributed by atoms with van der Waals surface area (Å²) in [5, 5.41) is 7.69. The van der Waals surface area contributed by atoms with Crippen LogP contribution >= 0.6 is 0 Å². The largest absolute Gasteiger partial charge is 0.457 e. The second kappa shape index (κ2) is 7.94. The number of nitrogens with zero attached hydrogens (tertiary/aromatic N) is 2. The van der Waals surface area contributed by atoms with Crippen LogP contribution in [-0.2, 0) is 19.6 Å². The maximum atomic E-state index is 13.0. The Balaban J connectivity index is 1.56. The molecule has 0 radical (unpaired) electrons. The molecule has 1 N–H and O–H groups in total. The summed E-state index contributed by atoms with van der Waals surface area (Å²) in [4.78, 5) is 0. The summed E-state index contributed by atoms with van der Waals surface area (Å²) in [6.45, 7) is 6.52. The lowest BCUT2D eigenvalue weighted by Crippen LogP contribution is -2.12. The minimum atomic E-state index is -0.269. The lowest BCUT2D eigenvalue weighted by atomic mass is 10.1. The van der Waals surface area contributed by atoms with Gasteiger partial charge in [-0.2, -0.15) is 5.10 Å². The van der Waals surface area contributed by atoms with Crippen LogP contribution in [0.5, 0.6) is 11.5 Å². The quantitative estimate of drug-likeness (QED) is 0.692. The van der Waals surface area contributed by atoms with Crippen LogP contribution in [0.3, 0.4) is 0 Å². The van der Waals surface area contributed by atoms with Crippen molar-refractivity contribution in [3.05, 3.63) is 77.4 Å². The number of rotatable bonds is 7. The Bertz CT molecular complexity index is 827. The summed E-state index contributed by atoms with van der Waals surface area (Å²) in [6, 6.07) is 12.1. The summed E-state index contributed by atoms with van der Waals surface area (Å²) in [6.07, 6.45) is 3.94. The second-order valence-corrected chi connectivity index (χ2v) is 5.96. The predicted molar refractivity (Wildman–Crippen MR) is 96.1 cm³/mol. The number of halogens is 1. The molecule has 1 aromatic heterocycles. The van der Waals surface area contributed by atoms with Gasteiger partial charge < -0.3 is 10.1 Å². The van der Waals surface area contributed by atoms with Crippen molar-refractivity contribution >= 4 is 0 Å². The van der Waals surface area contributed by atoms with Crippen LogP contribution in [0.2, 0.25) is 0 Å². The van der Waals surface area contributed by atoms with Crippen molar-refractivity contribution < 1.29 is 9.13 Å². The van der Waals surface area contributed by atoms with E-state index in [9.17, 15) is 4.39 Å². The molecule has 1 heterocycles. The van der Waals surface area contributed by atoms with Crippen molar-refractivity contribution in [2.75, 3.05) is 0 Å². The summed E-state index contributed by atoms with van der Waals surface area (Å²) < 4.78 is 20.7. The first-order chi connectivity index (χ1) is 12.1. The van der Waals surface area contributed by atoms with E-state index in [-0.39, 0.29) is 5.82 Å². The molecule has 0 fully saturated rings. The highest BCUT2D eigenvalue weighted by Gasteiger charge is 2.04. The van der Waals surface area contributed by atoms with Gasteiger partial charge in [-0.3, -0.25) is 4.68 Å². The van der Waals surface area contributed by atoms with Gasteiger partial charge in [-0.1, -0.05) is 12.1 Å². The molecule has 3 aromatic rings. The fraction of sp³-hybridized carbons (Fsp3) is 0.250. The summed E-state index contributed by atoms with van der Waals surface area (Å²) in [5.74, 6) is 1.14. The molecule has 0 aliphatic heterocycles. The third-order valence-corrected chi connectivity index (χ3v) is 3.95. The molecule has 4 nitrogen and oxygen atoms in total. The van der Waals surface area contributed by atoms with Gasteiger partial charge in [0.2, 0.25) is 0 Å². The van der Waals surface area contributed by atoms with Crippen LogP contribution in [0.1, 0.15) is 23.6 Å². The van der Waals surface area contributed by atoms with Gasteiger partial charge in [-0.15, -0.1) is 0 Å². The fourth-order valence-corrected chi connectivity index (χ4v) is 2.59. The zero-order valence-electron chi connectivity index (χ0n) is 14.5. The standard InChI is InChI=1S/C20H22FN3O/c1-3-24-14-17(13-23-24)12-22-11-16-4-9-20(15(2)10-16)25-19-7-5-18(21)6-8-19/h4-10,13-14,22H,3,11-12H2,1-2H3. The number of hydrogen-bond donors (Lipinski definition) is 1. The molecule has 25 heavy (non-hydrogen) atoms. The van der Waals surface area contributed by atoms with E-state index < -0.39 is 0 Å². The Kier molecular flexibility index (Phi) is 5.46. The van der Waals surface area contributed by atoms with E-state index in [0.717, 1.165) is 30.9 Å². The highest BCUT2D eigenvalue weighted by atomic mass is 19.1. The third kappa shape index (κ3) is 4.67. The van der Waals surface area contributed by atoms with Gasteiger partial charge >= 0.3 is 0 Å². The minimum Gasteiger partial charge on any atom is -0.457 e. The molecule has 0 saturated heterocycles. The van der Waals surface area contributed by atoms with Crippen molar-refractivity contribution in [2.24, 2.45) is 0 Å². The highest BCUT2D eigenvalue weighted by molar-refractivity contribution is 5.39. The smallest absolute Gasteiger partial charge is 0.130 e. The van der Waals surface area contributed by atoms with E-state index in [1.807, 2.05) is 29.9 Å². The molecule has 5 heteroatoms. The maximum absolute atomic E-state index is 13.0. The summed E-state index contributed by atoms with van der Waals surface area (Å²) >= 11 is 0. The van der Waals surface area contributed by atoms with Gasteiger partial charge in [0, 0.05) is 31.4 Å². The predicted octanol–water partition coefficient (Wildman–Crippen LogP) is 4.43. The summed E-state index contributed by atoms with van der Waals surface area (Å²) in [7, 11) is 0. The molecule has 2 aromatic carbocycles. The van der Waals surface area contributed by atoms with Gasteiger partial charge in [0.25, 0.3) is 0 Å². The maximum Gasteiger partial charge on any atom is 0.130 e. The molecular formula is C20H22FN3O. The molecule has 0 amide bonds. The number of aromatic nitrogens is 2. The third-order valence-electron chi connectivity index (χ3n) is 3.95. The van der Waals surface area contributed by atoms with Gasteiger partial charge in [-0.05, 0) is 55.3 Å². The molecule has 0 aliphatic carbocycles. The molecule has 0 spiro atoms. The normalized spacial score (nSPS) is 10.8. The fourth-order valence-electron chi connectivity index (χ4n) is 2.59. The molecule has 0 unspecified atom stereocenters. The van der Waals surface area contributed by atoms with E-state index >= 15 is 0 Å². The Morgan fingerprint density at radius 3 is 2.52 bits per heavy atom. The number of ether oxygens (including phenoxy) is 1. The van der Waals surface area contributed by atoms with Crippen molar-refractivity contribution in [2.45, 2.75) is 33.5 Å². The molecular weight excluding hydrogens is 317 g/mol. The topological polar surface area (TPSA) is 39.1 Å². The van der Waals surface area contributed by atoms with Crippen LogP contribution in [-0.4, -0.2) is 9.78 Å². The average molecular weight is 339 g/mol. The first-order valence-corrected chi connectivity index (χ1v) is 8.39. The number of aryl methyl sites for hydroxylation is 2. The first kappa shape index (κ1) is 17.2. The summed E-state index contributed by atoms with van der Waals surface area (Å²) in [5.41, 5.74) is 3.41. The van der Waals surface area contributed by atoms with Crippen LogP contribution < -0.4 is 10.1 Å². The Labute approximate surface area is 147 Å². The molecule has 0 bridgehead atoms. The van der Waals surface area contributed by atoms with E-state index in [1.54, 1.807) is 12.1 Å². The Morgan fingerprint density at radius 2 is 1.84 bits per heavy atom. The second-order valence-electron chi connectivity index (χ2n) is 5.96. The lowest BCUT2D eigenvalue weighted by molar-refractivity contribution is 0.476. The van der Waals surface area contributed by atoms with Crippen molar-refractivity contribution in [1.29, 1.82) is 0 Å². The van der Waals surface area contributed by atoms with Crippen LogP contribution in [0.25, 0.3) is 0 Å². The molecule has 130 valence electrons. The monoisotopic (exact) mass is 339 g/mol. The molecule has 0 aliphatic rings. The SMILES string of the molecule is CCn1cc(CNCc2ccc(Oc3ccc(F)cc3)c(C)c2)cn1. The van der Waals surface area contributed by atoms with Crippen molar-refractivity contribution in [3.8, 4) is 11.5 Å². The van der Waals surface area contributed by atoms with Crippen LogP contribution in [0.15, 0.2) is 54.9 Å². The number of benzene rings is 2. The number of nitrogens with one attached hydrogen (secondary N) is 1. The van der Waals surface area contributed by atoms with Gasteiger partial charge in [-0.25, -0.2) is 4.39 Å². The van der Waals surface area contributed by atoms with Gasteiger partial charge in [0.15, 0.2) is 0 Å². The first-order valence-electron chi connectivity index (χ1n) is 8.39. The number of hydrogen-bond acceptors (Lipinski definition) is 3. The zero-order valence-corrected chi connectivity index (χ0v) is 14.5. The zero-order chi connectivity index (χ0) is 17.6. The minimum absolute atomic E-state index is 0.269. The van der Waals surface area contributed by atoms with Crippen LogP contribution in [0.4, 0.5) is 4.39 Å². The highest BCUT2D eigenvalue weighted by Crippen LogP contribution is 2.26.